The second-order valence-electron chi connectivity index (χ2n) is 4.39. The number of rotatable bonds is 1. The molecule has 0 spiro atoms. The van der Waals surface area contributed by atoms with Crippen LogP contribution in [0.5, 0.6) is 0 Å². The average Bonchev–Trinajstić information content (AvgIpc) is 2.81. The highest BCUT2D eigenvalue weighted by Gasteiger charge is 2.36. The van der Waals surface area contributed by atoms with Crippen LogP contribution in [0.3, 0.4) is 0 Å². The van der Waals surface area contributed by atoms with E-state index >= 15 is 0 Å². The molecule has 0 saturated carbocycles. The van der Waals surface area contributed by atoms with Gasteiger partial charge in [0, 0.05) is 23.4 Å². The maximum absolute atomic E-state index is 10.8. The van der Waals surface area contributed by atoms with E-state index < -0.39 is 17.1 Å². The third kappa shape index (κ3) is 1.66. The van der Waals surface area contributed by atoms with E-state index in [0.29, 0.717) is 21.7 Å². The highest BCUT2D eigenvalue weighted by atomic mass is 32.1. The van der Waals surface area contributed by atoms with Gasteiger partial charge >= 0.3 is 5.00 Å². The van der Waals surface area contributed by atoms with E-state index in [9.17, 15) is 20.3 Å². The molecule has 1 aliphatic carbocycles. The summed E-state index contributed by atoms with van der Waals surface area (Å²) in [5, 5.41) is 31.3. The smallest absolute Gasteiger partial charge is 0.324 e. The molecule has 2 aromatic heterocycles. The van der Waals surface area contributed by atoms with Gasteiger partial charge in [-0.1, -0.05) is 11.3 Å². The number of pyridine rings is 1. The third-order valence-electron chi connectivity index (χ3n) is 3.27. The van der Waals surface area contributed by atoms with Crippen molar-refractivity contribution in [1.29, 1.82) is 0 Å². The van der Waals surface area contributed by atoms with Crippen LogP contribution in [0.1, 0.15) is 39.5 Å². The highest BCUT2D eigenvalue weighted by molar-refractivity contribution is 7.15. The lowest BCUT2D eigenvalue weighted by molar-refractivity contribution is -0.380. The Hall–Kier alpha value is -1.83. The summed E-state index contributed by atoms with van der Waals surface area (Å²) < 4.78 is 0. The molecule has 98 valence electrons. The van der Waals surface area contributed by atoms with Crippen molar-refractivity contribution < 1.29 is 15.1 Å². The first kappa shape index (κ1) is 12.2. The number of aliphatic hydroxyl groups excluding tert-OH is 2. The van der Waals surface area contributed by atoms with Crippen LogP contribution in [-0.4, -0.2) is 20.1 Å². The van der Waals surface area contributed by atoms with Gasteiger partial charge in [0.25, 0.3) is 0 Å². The molecular formula is C12H10N2O4S. The lowest BCUT2D eigenvalue weighted by Crippen LogP contribution is -2.18. The molecule has 2 aromatic rings. The van der Waals surface area contributed by atoms with E-state index in [4.69, 9.17) is 0 Å². The van der Waals surface area contributed by atoms with Crippen molar-refractivity contribution in [2.75, 3.05) is 0 Å². The molecule has 0 radical (unpaired) electrons. The molecule has 0 bridgehead atoms. The summed E-state index contributed by atoms with van der Waals surface area (Å²) >= 11 is 0.891. The Labute approximate surface area is 112 Å². The van der Waals surface area contributed by atoms with Crippen molar-refractivity contribution >= 4 is 16.3 Å². The first-order valence-electron chi connectivity index (χ1n) is 5.60. The number of hydrogen-bond donors (Lipinski definition) is 2. The topological polar surface area (TPSA) is 96.5 Å². The Morgan fingerprint density at radius 1 is 1.42 bits per heavy atom. The fourth-order valence-corrected chi connectivity index (χ4v) is 3.37. The highest BCUT2D eigenvalue weighted by Crippen LogP contribution is 2.46. The molecule has 0 fully saturated rings. The van der Waals surface area contributed by atoms with Gasteiger partial charge in [-0.3, -0.25) is 15.1 Å². The van der Waals surface area contributed by atoms with Gasteiger partial charge in [0.1, 0.15) is 12.2 Å². The second-order valence-corrected chi connectivity index (χ2v) is 5.46. The first-order chi connectivity index (χ1) is 9.00. The van der Waals surface area contributed by atoms with E-state index in [1.165, 1.54) is 6.07 Å². The summed E-state index contributed by atoms with van der Waals surface area (Å²) in [4.78, 5) is 14.8. The third-order valence-corrected chi connectivity index (χ3v) is 4.43. The maximum Gasteiger partial charge on any atom is 0.324 e. The Kier molecular flexibility index (Phi) is 2.63. The van der Waals surface area contributed by atoms with Gasteiger partial charge in [0.15, 0.2) is 0 Å². The van der Waals surface area contributed by atoms with Crippen molar-refractivity contribution in [2.45, 2.75) is 19.1 Å². The fourth-order valence-electron chi connectivity index (χ4n) is 2.37. The number of fused-ring (bicyclic) bond motifs is 2. The molecule has 0 aromatic carbocycles. The van der Waals surface area contributed by atoms with Crippen molar-refractivity contribution in [3.05, 3.63) is 55.7 Å². The van der Waals surface area contributed by atoms with E-state index in [1.807, 2.05) is 6.92 Å². The summed E-state index contributed by atoms with van der Waals surface area (Å²) in [6.45, 7) is 1.81. The molecule has 0 amide bonds. The number of aromatic nitrogens is 1. The summed E-state index contributed by atoms with van der Waals surface area (Å²) in [5.74, 6) is 0. The largest absolute Gasteiger partial charge is 0.383 e. The quantitative estimate of drug-likeness (QED) is 0.613. The fraction of sp³-hybridized carbons (Fsp3) is 0.250. The minimum absolute atomic E-state index is 0.0893. The molecular weight excluding hydrogens is 268 g/mol. The number of aliphatic hydroxyl groups is 2. The molecule has 2 heterocycles. The Morgan fingerprint density at radius 2 is 2.16 bits per heavy atom. The molecule has 6 nitrogen and oxygen atoms in total. The van der Waals surface area contributed by atoms with Crippen molar-refractivity contribution in [1.82, 2.24) is 4.98 Å². The van der Waals surface area contributed by atoms with Crippen LogP contribution in [0.25, 0.3) is 0 Å². The molecule has 2 N–H and O–H groups in total. The zero-order chi connectivity index (χ0) is 13.7. The van der Waals surface area contributed by atoms with E-state index in [-0.39, 0.29) is 5.00 Å². The molecule has 19 heavy (non-hydrogen) atoms. The van der Waals surface area contributed by atoms with Crippen molar-refractivity contribution in [3.8, 4) is 0 Å². The number of nitro groups is 1. The molecule has 2 atom stereocenters. The summed E-state index contributed by atoms with van der Waals surface area (Å²) in [6.07, 6.45) is -0.449. The van der Waals surface area contributed by atoms with Crippen LogP contribution in [0.15, 0.2) is 18.3 Å². The summed E-state index contributed by atoms with van der Waals surface area (Å²) in [5.41, 5.74) is 2.08. The van der Waals surface area contributed by atoms with Gasteiger partial charge in [-0.2, -0.15) is 0 Å². The number of thiophene rings is 1. The molecule has 0 unspecified atom stereocenters. The lowest BCUT2D eigenvalue weighted by atomic mass is 9.88. The second kappa shape index (κ2) is 4.09. The van der Waals surface area contributed by atoms with Gasteiger partial charge in [-0.25, -0.2) is 0 Å². The Bertz CT molecular complexity index is 682. The SMILES string of the molecule is Cc1ccnc2c1[C@H](O)c1sc([N+](=O)[O-])cc1[C@H]2O. The van der Waals surface area contributed by atoms with Crippen LogP contribution >= 0.6 is 11.3 Å². The molecule has 0 saturated heterocycles. The zero-order valence-corrected chi connectivity index (χ0v) is 10.7. The van der Waals surface area contributed by atoms with Crippen LogP contribution in [0.2, 0.25) is 0 Å². The van der Waals surface area contributed by atoms with E-state index in [0.717, 1.165) is 16.9 Å². The van der Waals surface area contributed by atoms with Gasteiger partial charge in [-0.05, 0) is 18.6 Å². The monoisotopic (exact) mass is 278 g/mol. The van der Waals surface area contributed by atoms with E-state index in [2.05, 4.69) is 4.98 Å². The molecule has 0 aliphatic heterocycles. The van der Waals surface area contributed by atoms with Gasteiger partial charge in [0.2, 0.25) is 0 Å². The predicted molar refractivity (Wildman–Crippen MR) is 68.1 cm³/mol. The maximum atomic E-state index is 10.8. The lowest BCUT2D eigenvalue weighted by Gasteiger charge is -2.25. The predicted octanol–water partition coefficient (Wildman–Crippen LogP) is 1.84. The van der Waals surface area contributed by atoms with Crippen molar-refractivity contribution in [3.63, 3.8) is 0 Å². The van der Waals surface area contributed by atoms with Crippen LogP contribution in [-0.2, 0) is 0 Å². The van der Waals surface area contributed by atoms with Crippen molar-refractivity contribution in [2.24, 2.45) is 0 Å². The van der Waals surface area contributed by atoms with Crippen LogP contribution < -0.4 is 0 Å². The minimum Gasteiger partial charge on any atom is -0.383 e. The Balaban J connectivity index is 2.23. The summed E-state index contributed by atoms with van der Waals surface area (Å²) in [7, 11) is 0. The van der Waals surface area contributed by atoms with Gasteiger partial charge in [-0.15, -0.1) is 0 Å². The Morgan fingerprint density at radius 3 is 2.84 bits per heavy atom. The summed E-state index contributed by atoms with van der Waals surface area (Å²) in [6, 6.07) is 3.04. The number of nitrogens with zero attached hydrogens (tertiary/aromatic N) is 2. The molecule has 1 aliphatic rings. The zero-order valence-electron chi connectivity index (χ0n) is 9.90. The van der Waals surface area contributed by atoms with E-state index in [1.54, 1.807) is 12.3 Å². The van der Waals surface area contributed by atoms with Gasteiger partial charge < -0.3 is 10.2 Å². The first-order valence-corrected chi connectivity index (χ1v) is 6.42. The minimum atomic E-state index is -1.03. The normalized spacial score (nSPS) is 20.8. The average molecular weight is 278 g/mol. The molecule has 7 heteroatoms. The number of hydrogen-bond acceptors (Lipinski definition) is 6. The van der Waals surface area contributed by atoms with Crippen LogP contribution in [0.4, 0.5) is 5.00 Å². The van der Waals surface area contributed by atoms with Gasteiger partial charge in [0.05, 0.1) is 15.5 Å². The number of aryl methyl sites for hydroxylation is 1. The standard InChI is InChI=1S/C12H10N2O4S/c1-5-2-3-13-9-8(5)11(16)12-6(10(9)15)4-7(19-12)14(17)18/h2-4,10-11,15-16H,1H3/t10-,11+/m1/s1. The molecule has 3 rings (SSSR count). The van der Waals surface area contributed by atoms with Crippen LogP contribution in [0, 0.1) is 17.0 Å².